The second kappa shape index (κ2) is 7.75. The van der Waals surface area contributed by atoms with Crippen molar-refractivity contribution in [2.75, 3.05) is 13.2 Å². The third-order valence-electron chi connectivity index (χ3n) is 2.72. The molecule has 1 amide bonds. The predicted molar refractivity (Wildman–Crippen MR) is 69.8 cm³/mol. The monoisotopic (exact) mass is 338 g/mol. The molecule has 0 aliphatic heterocycles. The Morgan fingerprint density at radius 3 is 2.52 bits per heavy atom. The molecule has 23 heavy (non-hydrogen) atoms. The number of aromatic nitrogens is 1. The SMILES string of the molecule is CC(CNC(=O)c1ccc(OCC(F)(F)C(F)F)nc1)C(=O)O. The highest BCUT2D eigenvalue weighted by molar-refractivity contribution is 5.94. The van der Waals surface area contributed by atoms with E-state index >= 15 is 0 Å². The van der Waals surface area contributed by atoms with E-state index in [9.17, 15) is 27.2 Å². The number of nitrogens with zero attached hydrogens (tertiary/aromatic N) is 1. The summed E-state index contributed by atoms with van der Waals surface area (Å²) >= 11 is 0. The van der Waals surface area contributed by atoms with Crippen LogP contribution in [0, 0.1) is 5.92 Å². The molecule has 0 fully saturated rings. The first kappa shape index (κ1) is 18.7. The van der Waals surface area contributed by atoms with E-state index in [4.69, 9.17) is 5.11 Å². The van der Waals surface area contributed by atoms with Crippen molar-refractivity contribution < 1.29 is 37.0 Å². The van der Waals surface area contributed by atoms with E-state index in [1.54, 1.807) is 0 Å². The summed E-state index contributed by atoms with van der Waals surface area (Å²) in [6.45, 7) is -0.243. The van der Waals surface area contributed by atoms with E-state index in [-0.39, 0.29) is 18.0 Å². The highest BCUT2D eigenvalue weighted by Crippen LogP contribution is 2.23. The third-order valence-corrected chi connectivity index (χ3v) is 2.72. The third kappa shape index (κ3) is 5.72. The quantitative estimate of drug-likeness (QED) is 0.706. The molecule has 1 heterocycles. The Morgan fingerprint density at radius 1 is 1.39 bits per heavy atom. The smallest absolute Gasteiger partial charge is 0.340 e. The fraction of sp³-hybridized carbons (Fsp3) is 0.462. The van der Waals surface area contributed by atoms with E-state index in [0.717, 1.165) is 12.3 Å². The number of carboxylic acid groups (broad SMARTS) is 1. The predicted octanol–water partition coefficient (Wildman–Crippen LogP) is 1.81. The first-order valence-corrected chi connectivity index (χ1v) is 6.39. The molecule has 10 heteroatoms. The molecule has 1 atom stereocenters. The molecule has 0 saturated carbocycles. The van der Waals surface area contributed by atoms with Crippen LogP contribution in [0.15, 0.2) is 18.3 Å². The van der Waals surface area contributed by atoms with Gasteiger partial charge in [0, 0.05) is 18.8 Å². The van der Waals surface area contributed by atoms with Crippen LogP contribution >= 0.6 is 0 Å². The minimum Gasteiger partial charge on any atom is -0.481 e. The Labute approximate surface area is 128 Å². The number of hydrogen-bond acceptors (Lipinski definition) is 4. The summed E-state index contributed by atoms with van der Waals surface area (Å²) in [5, 5.41) is 11.0. The summed E-state index contributed by atoms with van der Waals surface area (Å²) in [5.41, 5.74) is 0.0376. The molecule has 0 spiro atoms. The fourth-order valence-corrected chi connectivity index (χ4v) is 1.27. The van der Waals surface area contributed by atoms with Crippen LogP contribution in [0.1, 0.15) is 17.3 Å². The van der Waals surface area contributed by atoms with Crippen LogP contribution in [0.2, 0.25) is 0 Å². The van der Waals surface area contributed by atoms with Crippen LogP contribution in [0.3, 0.4) is 0 Å². The number of ether oxygens (including phenoxy) is 1. The van der Waals surface area contributed by atoms with Gasteiger partial charge in [0.2, 0.25) is 5.88 Å². The first-order valence-electron chi connectivity index (χ1n) is 6.39. The van der Waals surface area contributed by atoms with Gasteiger partial charge in [0.25, 0.3) is 5.91 Å². The number of carbonyl (C=O) groups excluding carboxylic acids is 1. The number of carboxylic acids is 1. The maximum atomic E-state index is 12.7. The Hall–Kier alpha value is -2.39. The number of rotatable bonds is 8. The Balaban J connectivity index is 2.56. The number of alkyl halides is 4. The molecule has 1 aromatic rings. The van der Waals surface area contributed by atoms with Crippen LogP contribution in [0.25, 0.3) is 0 Å². The largest absolute Gasteiger partial charge is 0.481 e. The molecule has 0 saturated heterocycles. The van der Waals surface area contributed by atoms with Crippen LogP contribution < -0.4 is 10.1 Å². The van der Waals surface area contributed by atoms with Crippen molar-refractivity contribution in [3.63, 3.8) is 0 Å². The maximum Gasteiger partial charge on any atom is 0.340 e. The van der Waals surface area contributed by atoms with Crippen molar-refractivity contribution in [3.8, 4) is 5.88 Å². The summed E-state index contributed by atoms with van der Waals surface area (Å²) in [6.07, 6.45) is -2.86. The molecular weight excluding hydrogens is 324 g/mol. The van der Waals surface area contributed by atoms with Gasteiger partial charge in [0.05, 0.1) is 11.5 Å². The molecule has 128 valence electrons. The molecule has 0 bridgehead atoms. The molecule has 0 aliphatic carbocycles. The number of pyridine rings is 1. The summed E-state index contributed by atoms with van der Waals surface area (Å²) < 4.78 is 53.7. The average molecular weight is 338 g/mol. The van der Waals surface area contributed by atoms with Crippen LogP contribution in [-0.4, -0.2) is 47.5 Å². The van der Waals surface area contributed by atoms with Gasteiger partial charge in [-0.15, -0.1) is 0 Å². The van der Waals surface area contributed by atoms with Gasteiger partial charge in [-0.2, -0.15) is 8.78 Å². The Bertz CT molecular complexity index is 551. The number of hydrogen-bond donors (Lipinski definition) is 2. The van der Waals surface area contributed by atoms with E-state index < -0.39 is 36.7 Å². The van der Waals surface area contributed by atoms with Crippen molar-refractivity contribution in [1.29, 1.82) is 0 Å². The molecular formula is C13H14F4N2O4. The lowest BCUT2D eigenvalue weighted by molar-refractivity contribution is -0.148. The normalized spacial score (nSPS) is 12.8. The number of carbonyl (C=O) groups is 2. The van der Waals surface area contributed by atoms with E-state index in [2.05, 4.69) is 15.0 Å². The van der Waals surface area contributed by atoms with Gasteiger partial charge >= 0.3 is 18.3 Å². The zero-order valence-electron chi connectivity index (χ0n) is 11.9. The standard InChI is InChI=1S/C13H14F4N2O4/c1-7(11(21)22)4-19-10(20)8-2-3-9(18-5-8)23-6-13(16,17)12(14)15/h2-3,5,7,12H,4,6H2,1H3,(H,19,20)(H,21,22). The second-order valence-corrected chi connectivity index (χ2v) is 4.68. The van der Waals surface area contributed by atoms with Gasteiger partial charge < -0.3 is 15.2 Å². The molecule has 2 N–H and O–H groups in total. The summed E-state index contributed by atoms with van der Waals surface area (Å²) in [7, 11) is 0. The van der Waals surface area contributed by atoms with E-state index in [1.165, 1.54) is 13.0 Å². The number of halogens is 4. The Kier molecular flexibility index (Phi) is 6.28. The first-order chi connectivity index (χ1) is 10.6. The van der Waals surface area contributed by atoms with Gasteiger partial charge in [-0.1, -0.05) is 6.92 Å². The van der Waals surface area contributed by atoms with E-state index in [0.29, 0.717) is 0 Å². The molecule has 1 aromatic heterocycles. The summed E-state index contributed by atoms with van der Waals surface area (Å²) in [4.78, 5) is 25.8. The molecule has 0 radical (unpaired) electrons. The zero-order valence-corrected chi connectivity index (χ0v) is 11.9. The van der Waals surface area contributed by atoms with Crippen LogP contribution in [-0.2, 0) is 4.79 Å². The lowest BCUT2D eigenvalue weighted by atomic mass is 10.2. The Morgan fingerprint density at radius 2 is 2.04 bits per heavy atom. The van der Waals surface area contributed by atoms with Gasteiger partial charge in [-0.3, -0.25) is 9.59 Å². The summed E-state index contributed by atoms with van der Waals surface area (Å²) in [6, 6.07) is 2.25. The zero-order chi connectivity index (χ0) is 17.6. The van der Waals surface area contributed by atoms with Crippen LogP contribution in [0.4, 0.5) is 17.6 Å². The minimum absolute atomic E-state index is 0.0376. The number of amides is 1. The summed E-state index contributed by atoms with van der Waals surface area (Å²) in [5.74, 6) is -7.13. The van der Waals surface area contributed by atoms with Gasteiger partial charge in [-0.25, -0.2) is 13.8 Å². The number of aliphatic carboxylic acids is 1. The molecule has 0 aliphatic rings. The minimum atomic E-state index is -4.30. The van der Waals surface area contributed by atoms with Crippen molar-refractivity contribution >= 4 is 11.9 Å². The van der Waals surface area contributed by atoms with Crippen LogP contribution in [0.5, 0.6) is 5.88 Å². The van der Waals surface area contributed by atoms with Crippen molar-refractivity contribution in [2.45, 2.75) is 19.3 Å². The van der Waals surface area contributed by atoms with Gasteiger partial charge in [0.15, 0.2) is 6.61 Å². The lowest BCUT2D eigenvalue weighted by Gasteiger charge is -2.15. The van der Waals surface area contributed by atoms with Crippen molar-refractivity contribution in [3.05, 3.63) is 23.9 Å². The molecule has 1 rings (SSSR count). The molecule has 1 unspecified atom stereocenters. The molecule has 6 nitrogen and oxygen atoms in total. The average Bonchev–Trinajstić information content (AvgIpc) is 2.50. The topological polar surface area (TPSA) is 88.5 Å². The maximum absolute atomic E-state index is 12.7. The van der Waals surface area contributed by atoms with Gasteiger partial charge in [-0.05, 0) is 6.07 Å². The number of nitrogens with one attached hydrogen (secondary N) is 1. The highest BCUT2D eigenvalue weighted by atomic mass is 19.3. The van der Waals surface area contributed by atoms with Crippen molar-refractivity contribution in [1.82, 2.24) is 10.3 Å². The van der Waals surface area contributed by atoms with Crippen molar-refractivity contribution in [2.24, 2.45) is 5.92 Å². The molecule has 0 aromatic carbocycles. The highest BCUT2D eigenvalue weighted by Gasteiger charge is 2.41. The fourth-order valence-electron chi connectivity index (χ4n) is 1.27. The van der Waals surface area contributed by atoms with Gasteiger partial charge in [0.1, 0.15) is 0 Å². The second-order valence-electron chi connectivity index (χ2n) is 4.68. The van der Waals surface area contributed by atoms with E-state index in [1.807, 2.05) is 0 Å². The lowest BCUT2D eigenvalue weighted by Crippen LogP contribution is -2.34.